The van der Waals surface area contributed by atoms with Crippen molar-refractivity contribution in [1.82, 2.24) is 0 Å². The highest BCUT2D eigenvalue weighted by Gasteiger charge is 2.47. The molecule has 1 aromatic rings. The first-order valence-corrected chi connectivity index (χ1v) is 6.43. The smallest absolute Gasteiger partial charge is 0.337 e. The van der Waals surface area contributed by atoms with E-state index in [1.165, 1.54) is 19.1 Å². The third-order valence-electron chi connectivity index (χ3n) is 3.88. The maximum Gasteiger partial charge on any atom is 0.337 e. The lowest BCUT2D eigenvalue weighted by Gasteiger charge is -2.21. The van der Waals surface area contributed by atoms with Gasteiger partial charge in [-0.25, -0.2) is 4.79 Å². The van der Waals surface area contributed by atoms with Crippen LogP contribution in [0.1, 0.15) is 29.3 Å². The molecule has 1 aliphatic heterocycles. The maximum atomic E-state index is 12.5. The minimum atomic E-state index is -1.04. The van der Waals surface area contributed by atoms with E-state index in [1.54, 1.807) is 32.2 Å². The second kappa shape index (κ2) is 5.20. The van der Waals surface area contributed by atoms with E-state index < -0.39 is 17.4 Å². The molecule has 1 aliphatic rings. The molecule has 0 N–H and O–H groups in total. The number of fused-ring (bicyclic) bond motifs is 1. The van der Waals surface area contributed by atoms with Crippen molar-refractivity contribution in [2.45, 2.75) is 18.8 Å². The van der Waals surface area contributed by atoms with Gasteiger partial charge in [-0.15, -0.1) is 0 Å². The minimum absolute atomic E-state index is 0.0791. The summed E-state index contributed by atoms with van der Waals surface area (Å²) in [5, 5.41) is 0. The van der Waals surface area contributed by atoms with Gasteiger partial charge < -0.3 is 14.4 Å². The van der Waals surface area contributed by atoms with Crippen molar-refractivity contribution in [2.24, 2.45) is 0 Å². The Bertz CT molecular complexity index is 624. The topological polar surface area (TPSA) is 72.9 Å². The Morgan fingerprint density at radius 3 is 2.48 bits per heavy atom. The van der Waals surface area contributed by atoms with Gasteiger partial charge in [-0.3, -0.25) is 9.59 Å². The van der Waals surface area contributed by atoms with Crippen molar-refractivity contribution in [3.05, 3.63) is 29.3 Å². The van der Waals surface area contributed by atoms with Crippen LogP contribution in [0.5, 0.6) is 0 Å². The van der Waals surface area contributed by atoms with Crippen LogP contribution in [-0.4, -0.2) is 39.1 Å². The van der Waals surface area contributed by atoms with Gasteiger partial charge >= 0.3 is 11.9 Å². The first kappa shape index (κ1) is 15.0. The summed E-state index contributed by atoms with van der Waals surface area (Å²) in [7, 11) is 4.21. The van der Waals surface area contributed by atoms with Crippen LogP contribution < -0.4 is 4.90 Å². The monoisotopic (exact) mass is 291 g/mol. The van der Waals surface area contributed by atoms with Crippen LogP contribution in [0.2, 0.25) is 0 Å². The maximum absolute atomic E-state index is 12.5. The van der Waals surface area contributed by atoms with Crippen molar-refractivity contribution >= 4 is 23.5 Å². The number of ether oxygens (including phenoxy) is 2. The number of rotatable bonds is 3. The Hall–Kier alpha value is -2.37. The summed E-state index contributed by atoms with van der Waals surface area (Å²) in [5.41, 5.74) is 0.610. The fraction of sp³-hybridized carbons (Fsp3) is 0.400. The van der Waals surface area contributed by atoms with Crippen molar-refractivity contribution in [2.75, 3.05) is 26.2 Å². The molecule has 0 saturated carbocycles. The lowest BCUT2D eigenvalue weighted by molar-refractivity contribution is -0.144. The molecule has 0 radical (unpaired) electrons. The number of esters is 2. The van der Waals surface area contributed by atoms with Gasteiger partial charge in [0, 0.05) is 12.7 Å². The summed E-state index contributed by atoms with van der Waals surface area (Å²) < 4.78 is 9.36. The standard InChI is InChI=1S/C15H17NO5/c1-15(8-12(17)20-3)10-7-9(13(18)21-4)5-6-11(10)16(2)14(15)19/h5-7H,8H2,1-4H3. The zero-order chi connectivity index (χ0) is 15.8. The van der Waals surface area contributed by atoms with Crippen LogP contribution in [0.4, 0.5) is 5.69 Å². The number of carbonyl (C=O) groups excluding carboxylic acids is 3. The third-order valence-corrected chi connectivity index (χ3v) is 3.88. The summed E-state index contributed by atoms with van der Waals surface area (Å²) in [6.45, 7) is 1.68. The number of nitrogens with zero attached hydrogens (tertiary/aromatic N) is 1. The van der Waals surface area contributed by atoms with Crippen molar-refractivity contribution in [1.29, 1.82) is 0 Å². The molecule has 6 heteroatoms. The molecule has 0 bridgehead atoms. The summed E-state index contributed by atoms with van der Waals surface area (Å²) in [6.07, 6.45) is -0.0791. The predicted molar refractivity (Wildman–Crippen MR) is 75.2 cm³/mol. The second-order valence-corrected chi connectivity index (χ2v) is 5.17. The summed E-state index contributed by atoms with van der Waals surface area (Å²) in [6, 6.07) is 4.88. The average molecular weight is 291 g/mol. The quantitative estimate of drug-likeness (QED) is 0.784. The Morgan fingerprint density at radius 1 is 1.24 bits per heavy atom. The lowest BCUT2D eigenvalue weighted by atomic mass is 9.80. The first-order valence-electron chi connectivity index (χ1n) is 6.43. The number of hydrogen-bond acceptors (Lipinski definition) is 5. The molecule has 0 aromatic heterocycles. The fourth-order valence-corrected chi connectivity index (χ4v) is 2.64. The summed E-state index contributed by atoms with van der Waals surface area (Å²) >= 11 is 0. The molecular weight excluding hydrogens is 274 g/mol. The Balaban J connectivity index is 2.54. The number of amides is 1. The number of likely N-dealkylation sites (N-methyl/N-ethyl adjacent to an activating group) is 1. The van der Waals surface area contributed by atoms with Gasteiger partial charge in [-0.05, 0) is 30.7 Å². The third kappa shape index (κ3) is 2.26. The Labute approximate surface area is 122 Å². The molecule has 2 rings (SSSR count). The largest absolute Gasteiger partial charge is 0.469 e. The zero-order valence-corrected chi connectivity index (χ0v) is 12.4. The van der Waals surface area contributed by atoms with E-state index in [4.69, 9.17) is 4.74 Å². The molecule has 21 heavy (non-hydrogen) atoms. The van der Waals surface area contributed by atoms with E-state index in [0.29, 0.717) is 16.8 Å². The molecule has 1 aromatic carbocycles. The highest BCUT2D eigenvalue weighted by molar-refractivity contribution is 6.09. The van der Waals surface area contributed by atoms with Gasteiger partial charge in [0.15, 0.2) is 0 Å². The van der Waals surface area contributed by atoms with Crippen LogP contribution in [0.15, 0.2) is 18.2 Å². The van der Waals surface area contributed by atoms with Crippen molar-refractivity contribution in [3.63, 3.8) is 0 Å². The molecule has 0 saturated heterocycles. The summed E-state index contributed by atoms with van der Waals surface area (Å²) in [4.78, 5) is 37.3. The van der Waals surface area contributed by atoms with E-state index >= 15 is 0 Å². The SMILES string of the molecule is COC(=O)CC1(C)C(=O)N(C)c2ccc(C(=O)OC)cc21. The lowest BCUT2D eigenvalue weighted by Crippen LogP contribution is -2.38. The Morgan fingerprint density at radius 2 is 1.90 bits per heavy atom. The highest BCUT2D eigenvalue weighted by Crippen LogP contribution is 2.43. The second-order valence-electron chi connectivity index (χ2n) is 5.17. The molecule has 1 heterocycles. The van der Waals surface area contributed by atoms with E-state index in [2.05, 4.69) is 4.74 Å². The molecular formula is C15H17NO5. The predicted octanol–water partition coefficient (Wildman–Crippen LogP) is 1.27. The van der Waals surface area contributed by atoms with Gasteiger partial charge in [0.2, 0.25) is 5.91 Å². The van der Waals surface area contributed by atoms with Gasteiger partial charge in [-0.2, -0.15) is 0 Å². The normalized spacial score (nSPS) is 20.2. The number of hydrogen-bond donors (Lipinski definition) is 0. The molecule has 1 amide bonds. The zero-order valence-electron chi connectivity index (χ0n) is 12.4. The van der Waals surface area contributed by atoms with Crippen LogP contribution in [0, 0.1) is 0 Å². The van der Waals surface area contributed by atoms with Crippen LogP contribution in [-0.2, 0) is 24.5 Å². The molecule has 112 valence electrons. The molecule has 0 aliphatic carbocycles. The highest BCUT2D eigenvalue weighted by atomic mass is 16.5. The minimum Gasteiger partial charge on any atom is -0.469 e. The number of carbonyl (C=O) groups is 3. The molecule has 6 nitrogen and oxygen atoms in total. The Kier molecular flexibility index (Phi) is 3.72. The van der Waals surface area contributed by atoms with Gasteiger partial charge in [0.25, 0.3) is 0 Å². The number of benzene rings is 1. The van der Waals surface area contributed by atoms with Gasteiger partial charge in [-0.1, -0.05) is 0 Å². The van der Waals surface area contributed by atoms with Crippen molar-refractivity contribution < 1.29 is 23.9 Å². The van der Waals surface area contributed by atoms with Crippen LogP contribution >= 0.6 is 0 Å². The van der Waals surface area contributed by atoms with Gasteiger partial charge in [0.1, 0.15) is 0 Å². The fourth-order valence-electron chi connectivity index (χ4n) is 2.64. The van der Waals surface area contributed by atoms with E-state index in [9.17, 15) is 14.4 Å². The molecule has 1 unspecified atom stereocenters. The van der Waals surface area contributed by atoms with Crippen LogP contribution in [0.3, 0.4) is 0 Å². The molecule has 1 atom stereocenters. The van der Waals surface area contributed by atoms with E-state index in [-0.39, 0.29) is 12.3 Å². The number of anilines is 1. The van der Waals surface area contributed by atoms with Gasteiger partial charge in [0.05, 0.1) is 31.6 Å². The average Bonchev–Trinajstić information content (AvgIpc) is 2.68. The first-order chi connectivity index (χ1) is 9.85. The van der Waals surface area contributed by atoms with Crippen molar-refractivity contribution in [3.8, 4) is 0 Å². The van der Waals surface area contributed by atoms with Crippen LogP contribution in [0.25, 0.3) is 0 Å². The molecule has 0 fully saturated rings. The summed E-state index contributed by atoms with van der Waals surface area (Å²) in [5.74, 6) is -1.17. The molecule has 0 spiro atoms. The number of methoxy groups -OCH3 is 2. The van der Waals surface area contributed by atoms with E-state index in [1.807, 2.05) is 0 Å². The van der Waals surface area contributed by atoms with E-state index in [0.717, 1.165) is 0 Å².